The maximum Gasteiger partial charge on any atom is 0.326 e. The second kappa shape index (κ2) is 5.80. The lowest BCUT2D eigenvalue weighted by Gasteiger charge is -2.21. The van der Waals surface area contributed by atoms with Gasteiger partial charge >= 0.3 is 12.0 Å². The van der Waals surface area contributed by atoms with Crippen molar-refractivity contribution in [3.05, 3.63) is 28.2 Å². The maximum atomic E-state index is 12.1. The summed E-state index contributed by atoms with van der Waals surface area (Å²) < 4.78 is 0.823. The van der Waals surface area contributed by atoms with Crippen molar-refractivity contribution < 1.29 is 19.8 Å². The number of amides is 2. The van der Waals surface area contributed by atoms with Crippen molar-refractivity contribution in [2.24, 2.45) is 0 Å². The van der Waals surface area contributed by atoms with Gasteiger partial charge < -0.3 is 20.4 Å². The number of aryl methyl sites for hydroxylation is 1. The highest BCUT2D eigenvalue weighted by molar-refractivity contribution is 9.10. The lowest BCUT2D eigenvalue weighted by atomic mass is 10.2. The molecule has 0 aliphatic carbocycles. The molecule has 3 N–H and O–H groups in total. The topological polar surface area (TPSA) is 89.9 Å². The molecule has 1 heterocycles. The molecular weight excluding hydrogens is 328 g/mol. The second-order valence-electron chi connectivity index (χ2n) is 4.84. The van der Waals surface area contributed by atoms with Crippen molar-refractivity contribution in [3.8, 4) is 0 Å². The van der Waals surface area contributed by atoms with E-state index in [1.807, 2.05) is 13.0 Å². The van der Waals surface area contributed by atoms with Gasteiger partial charge in [0, 0.05) is 23.1 Å². The standard InChI is InChI=1S/C13H15BrN2O4/c1-7-2-8(14)4-9(3-7)15-13(20)16-6-10(17)5-11(16)12(18)19/h2-4,10-11,17H,5-6H2,1H3,(H,15,20)(H,18,19)/t10?,11-/m0/s1. The molecule has 0 saturated carbocycles. The van der Waals surface area contributed by atoms with Crippen LogP contribution in [0.4, 0.5) is 10.5 Å². The normalized spacial score (nSPS) is 21.9. The molecule has 0 aromatic heterocycles. The van der Waals surface area contributed by atoms with E-state index >= 15 is 0 Å². The van der Waals surface area contributed by atoms with Crippen LogP contribution >= 0.6 is 15.9 Å². The first-order chi connectivity index (χ1) is 9.36. The van der Waals surface area contributed by atoms with Crippen LogP contribution in [0.1, 0.15) is 12.0 Å². The van der Waals surface area contributed by atoms with Crippen molar-refractivity contribution >= 4 is 33.6 Å². The molecule has 20 heavy (non-hydrogen) atoms. The van der Waals surface area contributed by atoms with Gasteiger partial charge in [0.1, 0.15) is 6.04 Å². The molecule has 108 valence electrons. The van der Waals surface area contributed by atoms with Crippen molar-refractivity contribution in [1.29, 1.82) is 0 Å². The number of carboxylic acids is 1. The highest BCUT2D eigenvalue weighted by Crippen LogP contribution is 2.22. The Morgan fingerprint density at radius 1 is 1.40 bits per heavy atom. The predicted molar refractivity (Wildman–Crippen MR) is 76.7 cm³/mol. The van der Waals surface area contributed by atoms with Crippen LogP contribution in [-0.4, -0.2) is 45.8 Å². The lowest BCUT2D eigenvalue weighted by molar-refractivity contribution is -0.141. The fraction of sp³-hybridized carbons (Fsp3) is 0.385. The molecule has 1 aromatic carbocycles. The van der Waals surface area contributed by atoms with Gasteiger partial charge in [-0.3, -0.25) is 0 Å². The molecule has 2 atom stereocenters. The number of carbonyl (C=O) groups is 2. The number of hydrogen-bond donors (Lipinski definition) is 3. The molecule has 1 aliphatic rings. The SMILES string of the molecule is Cc1cc(Br)cc(NC(=O)N2CC(O)C[C@H]2C(=O)O)c1. The first-order valence-corrected chi connectivity index (χ1v) is 6.92. The fourth-order valence-electron chi connectivity index (χ4n) is 2.28. The average molecular weight is 343 g/mol. The zero-order valence-electron chi connectivity index (χ0n) is 10.8. The van der Waals surface area contributed by atoms with Crippen molar-refractivity contribution in [1.82, 2.24) is 4.90 Å². The van der Waals surface area contributed by atoms with Gasteiger partial charge in [-0.15, -0.1) is 0 Å². The van der Waals surface area contributed by atoms with Crippen molar-refractivity contribution in [2.45, 2.75) is 25.5 Å². The molecular formula is C13H15BrN2O4. The fourth-order valence-corrected chi connectivity index (χ4v) is 2.88. The van der Waals surface area contributed by atoms with Gasteiger partial charge in [0.15, 0.2) is 0 Å². The molecule has 1 unspecified atom stereocenters. The number of rotatable bonds is 2. The molecule has 0 bridgehead atoms. The van der Waals surface area contributed by atoms with E-state index in [4.69, 9.17) is 5.11 Å². The van der Waals surface area contributed by atoms with Gasteiger partial charge in [-0.25, -0.2) is 9.59 Å². The Bertz CT molecular complexity index is 529. The van der Waals surface area contributed by atoms with Crippen LogP contribution in [-0.2, 0) is 4.79 Å². The predicted octanol–water partition coefficient (Wildman–Crippen LogP) is 1.81. The minimum atomic E-state index is -1.11. The number of urea groups is 1. The highest BCUT2D eigenvalue weighted by Gasteiger charge is 2.38. The third kappa shape index (κ3) is 3.29. The Hall–Kier alpha value is -1.60. The van der Waals surface area contributed by atoms with Crippen LogP contribution in [0.3, 0.4) is 0 Å². The van der Waals surface area contributed by atoms with E-state index in [1.165, 1.54) is 0 Å². The molecule has 7 heteroatoms. The summed E-state index contributed by atoms with van der Waals surface area (Å²) in [4.78, 5) is 24.3. The van der Waals surface area contributed by atoms with Crippen LogP contribution in [0.2, 0.25) is 0 Å². The Labute approximate surface area is 124 Å². The number of β-amino-alcohol motifs (C(OH)–C–C–N with tert-alkyl or cyclic N) is 1. The quantitative estimate of drug-likeness (QED) is 0.764. The second-order valence-corrected chi connectivity index (χ2v) is 5.76. The van der Waals surface area contributed by atoms with E-state index in [9.17, 15) is 14.7 Å². The van der Waals surface area contributed by atoms with Gasteiger partial charge in [-0.1, -0.05) is 15.9 Å². The number of carbonyl (C=O) groups excluding carboxylic acids is 1. The molecule has 0 spiro atoms. The summed E-state index contributed by atoms with van der Waals surface area (Å²) in [6, 6.07) is 3.90. The van der Waals surface area contributed by atoms with Crippen molar-refractivity contribution in [3.63, 3.8) is 0 Å². The molecule has 1 saturated heterocycles. The number of aliphatic hydroxyl groups excluding tert-OH is 1. The van der Waals surface area contributed by atoms with Gasteiger partial charge in [0.2, 0.25) is 0 Å². The number of benzene rings is 1. The summed E-state index contributed by atoms with van der Waals surface area (Å²) in [5.41, 5.74) is 1.54. The van der Waals surface area contributed by atoms with E-state index in [0.717, 1.165) is 14.9 Å². The number of likely N-dealkylation sites (tertiary alicyclic amines) is 1. The van der Waals surface area contributed by atoms with E-state index in [2.05, 4.69) is 21.2 Å². The molecule has 1 aliphatic heterocycles. The number of aliphatic hydroxyl groups is 1. The van der Waals surface area contributed by atoms with E-state index in [0.29, 0.717) is 5.69 Å². The molecule has 0 radical (unpaired) electrons. The number of nitrogens with one attached hydrogen (secondary N) is 1. The lowest BCUT2D eigenvalue weighted by Crippen LogP contribution is -2.43. The summed E-state index contributed by atoms with van der Waals surface area (Å²) >= 11 is 3.33. The smallest absolute Gasteiger partial charge is 0.326 e. The Kier molecular flexibility index (Phi) is 4.29. The minimum Gasteiger partial charge on any atom is -0.480 e. The summed E-state index contributed by atoms with van der Waals surface area (Å²) in [5, 5.41) is 21.2. The number of hydrogen-bond acceptors (Lipinski definition) is 3. The van der Waals surface area contributed by atoms with Crippen molar-refractivity contribution in [2.75, 3.05) is 11.9 Å². The van der Waals surface area contributed by atoms with Crippen LogP contribution in [0.15, 0.2) is 22.7 Å². The third-order valence-corrected chi connectivity index (χ3v) is 3.58. The Balaban J connectivity index is 2.13. The number of halogens is 1. The van der Waals surface area contributed by atoms with Gasteiger partial charge in [0.25, 0.3) is 0 Å². The molecule has 6 nitrogen and oxygen atoms in total. The average Bonchev–Trinajstić information content (AvgIpc) is 2.70. The van der Waals surface area contributed by atoms with Crippen LogP contribution in [0, 0.1) is 6.92 Å². The zero-order chi connectivity index (χ0) is 14.9. The number of aliphatic carboxylic acids is 1. The Morgan fingerprint density at radius 3 is 2.70 bits per heavy atom. The number of anilines is 1. The summed E-state index contributed by atoms with van der Waals surface area (Å²) in [5.74, 6) is -1.11. The summed E-state index contributed by atoms with van der Waals surface area (Å²) in [6.07, 6.45) is -0.744. The first-order valence-electron chi connectivity index (χ1n) is 6.12. The summed E-state index contributed by atoms with van der Waals surface area (Å²) in [6.45, 7) is 1.91. The van der Waals surface area contributed by atoms with Crippen LogP contribution < -0.4 is 5.32 Å². The van der Waals surface area contributed by atoms with Gasteiger partial charge in [-0.05, 0) is 30.7 Å². The minimum absolute atomic E-state index is 0.0236. The van der Waals surface area contributed by atoms with Gasteiger partial charge in [-0.2, -0.15) is 0 Å². The molecule has 1 fully saturated rings. The van der Waals surface area contributed by atoms with Crippen LogP contribution in [0.25, 0.3) is 0 Å². The zero-order valence-corrected chi connectivity index (χ0v) is 12.4. The summed E-state index contributed by atoms with van der Waals surface area (Å²) in [7, 11) is 0. The third-order valence-electron chi connectivity index (χ3n) is 3.12. The number of nitrogens with zero attached hydrogens (tertiary/aromatic N) is 1. The molecule has 2 rings (SSSR count). The Morgan fingerprint density at radius 2 is 2.10 bits per heavy atom. The van der Waals surface area contributed by atoms with E-state index in [1.54, 1.807) is 12.1 Å². The van der Waals surface area contributed by atoms with E-state index in [-0.39, 0.29) is 13.0 Å². The van der Waals surface area contributed by atoms with Crippen LogP contribution in [0.5, 0.6) is 0 Å². The highest BCUT2D eigenvalue weighted by atomic mass is 79.9. The largest absolute Gasteiger partial charge is 0.480 e. The maximum absolute atomic E-state index is 12.1. The monoisotopic (exact) mass is 342 g/mol. The molecule has 2 amide bonds. The number of carboxylic acid groups (broad SMARTS) is 1. The van der Waals surface area contributed by atoms with Gasteiger partial charge in [0.05, 0.1) is 6.10 Å². The van der Waals surface area contributed by atoms with E-state index < -0.39 is 24.1 Å². The first kappa shape index (κ1) is 14.8. The molecule has 1 aromatic rings.